The van der Waals surface area contributed by atoms with Gasteiger partial charge in [-0.05, 0) is 53.4 Å². The highest BCUT2D eigenvalue weighted by Gasteiger charge is 2.21. The molecule has 0 aromatic carbocycles. The van der Waals surface area contributed by atoms with Crippen LogP contribution in [0.2, 0.25) is 0 Å². The summed E-state index contributed by atoms with van der Waals surface area (Å²) in [6, 6.07) is 0. The summed E-state index contributed by atoms with van der Waals surface area (Å²) in [5.41, 5.74) is -0.571. The van der Waals surface area contributed by atoms with Crippen molar-refractivity contribution in [2.45, 2.75) is 208 Å². The Labute approximate surface area is 284 Å². The number of rotatable bonds is 30. The Balaban J connectivity index is 4.52. The largest absolute Gasteiger partial charge is 0.444 e. The monoisotopic (exact) mass is 650 g/mol. The first-order valence-corrected chi connectivity index (χ1v) is 19.4. The third-order valence-electron chi connectivity index (χ3n) is 8.48. The van der Waals surface area contributed by atoms with Gasteiger partial charge in [0.25, 0.3) is 0 Å². The molecule has 0 bridgehead atoms. The minimum Gasteiger partial charge on any atom is -0.444 e. The van der Waals surface area contributed by atoms with Crippen LogP contribution in [0.1, 0.15) is 202 Å². The summed E-state index contributed by atoms with van der Waals surface area (Å²) >= 11 is 0. The van der Waals surface area contributed by atoms with Crippen LogP contribution >= 0.6 is 0 Å². The van der Waals surface area contributed by atoms with Crippen molar-refractivity contribution in [3.8, 4) is 0 Å². The lowest BCUT2D eigenvalue weighted by molar-refractivity contribution is -0.129. The Hall–Kier alpha value is -1.92. The zero-order valence-electron chi connectivity index (χ0n) is 31.2. The zero-order valence-corrected chi connectivity index (χ0v) is 31.2. The summed E-state index contributed by atoms with van der Waals surface area (Å²) in [6.45, 7) is 12.9. The lowest BCUT2D eigenvalue weighted by Crippen LogP contribution is -2.35. The molecule has 2 amide bonds. The van der Waals surface area contributed by atoms with Gasteiger partial charge in [-0.25, -0.2) is 4.79 Å². The summed E-state index contributed by atoms with van der Waals surface area (Å²) in [5.74, 6) is 0.360. The van der Waals surface area contributed by atoms with Gasteiger partial charge in [-0.1, -0.05) is 136 Å². The molecule has 0 fully saturated rings. The minimum absolute atomic E-state index is 0.00390. The highest BCUT2D eigenvalue weighted by Crippen LogP contribution is 2.17. The van der Waals surface area contributed by atoms with Crippen LogP contribution < -0.4 is 10.6 Å². The van der Waals surface area contributed by atoms with Gasteiger partial charge < -0.3 is 10.1 Å². The number of nitrogens with zero attached hydrogens (tertiary/aromatic N) is 1. The van der Waals surface area contributed by atoms with Crippen molar-refractivity contribution in [3.05, 3.63) is 0 Å². The molecule has 0 heterocycles. The Kier molecular flexibility index (Phi) is 29.1. The van der Waals surface area contributed by atoms with Crippen molar-refractivity contribution < 1.29 is 19.1 Å². The fraction of sp³-hybridized carbons (Fsp3) is 0.897. The number of aliphatic imine (C=N–C) groups is 1. The van der Waals surface area contributed by atoms with Gasteiger partial charge in [0, 0.05) is 31.8 Å². The number of nitrogens with one attached hydrogen (secondary N) is 2. The van der Waals surface area contributed by atoms with Crippen molar-refractivity contribution in [1.29, 1.82) is 0 Å². The highest BCUT2D eigenvalue weighted by molar-refractivity contribution is 5.93. The van der Waals surface area contributed by atoms with Crippen LogP contribution in [0.5, 0.6) is 0 Å². The van der Waals surface area contributed by atoms with Crippen LogP contribution in [0.4, 0.5) is 4.79 Å². The second-order valence-electron chi connectivity index (χ2n) is 14.4. The maximum Gasteiger partial charge on any atom is 0.413 e. The Morgan fingerprint density at radius 1 is 0.652 bits per heavy atom. The van der Waals surface area contributed by atoms with Crippen molar-refractivity contribution >= 4 is 23.6 Å². The minimum atomic E-state index is -0.571. The topological polar surface area (TPSA) is 96.9 Å². The summed E-state index contributed by atoms with van der Waals surface area (Å²) in [5, 5.41) is 5.78. The van der Waals surface area contributed by atoms with Gasteiger partial charge in [0.2, 0.25) is 5.91 Å². The van der Waals surface area contributed by atoms with Crippen LogP contribution in [0, 0.1) is 5.92 Å². The summed E-state index contributed by atoms with van der Waals surface area (Å²) in [6.07, 6.45) is 28.1. The zero-order chi connectivity index (χ0) is 34.3. The van der Waals surface area contributed by atoms with Crippen LogP contribution in [0.15, 0.2) is 4.99 Å². The first kappa shape index (κ1) is 44.1. The Morgan fingerprint density at radius 3 is 1.59 bits per heavy atom. The molecule has 0 aromatic rings. The molecule has 0 aliphatic heterocycles. The highest BCUT2D eigenvalue weighted by atomic mass is 16.6. The Morgan fingerprint density at radius 2 is 1.11 bits per heavy atom. The lowest BCUT2D eigenvalue weighted by atomic mass is 9.93. The smallest absolute Gasteiger partial charge is 0.413 e. The fourth-order valence-electron chi connectivity index (χ4n) is 5.73. The molecule has 0 unspecified atom stereocenters. The van der Waals surface area contributed by atoms with Gasteiger partial charge in [0.15, 0.2) is 0 Å². The molecule has 0 rings (SSSR count). The number of amidine groups is 1. The Bertz CT molecular complexity index is 791. The second-order valence-corrected chi connectivity index (χ2v) is 14.4. The molecule has 0 aromatic heterocycles. The first-order chi connectivity index (χ1) is 22.1. The van der Waals surface area contributed by atoms with Gasteiger partial charge in [0.05, 0.1) is 0 Å². The third-order valence-corrected chi connectivity index (χ3v) is 8.48. The fourth-order valence-corrected chi connectivity index (χ4v) is 5.73. The molecule has 2 N–H and O–H groups in total. The average Bonchev–Trinajstić information content (AvgIpc) is 2.99. The predicted molar refractivity (Wildman–Crippen MR) is 196 cm³/mol. The van der Waals surface area contributed by atoms with Crippen LogP contribution in [0.25, 0.3) is 0 Å². The van der Waals surface area contributed by atoms with E-state index in [4.69, 9.17) is 4.74 Å². The number of carbonyl (C=O) groups excluding carboxylic acids is 3. The number of ether oxygens (including phenoxy) is 1. The number of amides is 2. The van der Waals surface area contributed by atoms with E-state index in [0.717, 1.165) is 25.7 Å². The van der Waals surface area contributed by atoms with E-state index in [9.17, 15) is 14.4 Å². The molecule has 1 atom stereocenters. The predicted octanol–water partition coefficient (Wildman–Crippen LogP) is 11.0. The van der Waals surface area contributed by atoms with E-state index >= 15 is 0 Å². The maximum absolute atomic E-state index is 13.1. The molecule has 7 heteroatoms. The molecule has 46 heavy (non-hydrogen) atoms. The molecule has 7 nitrogen and oxygen atoms in total. The molecular formula is C39H75N3O4. The summed E-state index contributed by atoms with van der Waals surface area (Å²) < 4.78 is 5.28. The number of ketones is 1. The molecule has 0 aliphatic rings. The van der Waals surface area contributed by atoms with Gasteiger partial charge >= 0.3 is 6.09 Å². The third kappa shape index (κ3) is 30.7. The molecule has 0 aliphatic carbocycles. The van der Waals surface area contributed by atoms with E-state index in [2.05, 4.69) is 29.5 Å². The molecule has 0 saturated carbocycles. The van der Waals surface area contributed by atoms with Gasteiger partial charge in [-0.15, -0.1) is 0 Å². The standard InChI is InChI=1S/C39H75N3O4/c1-7-9-11-13-15-17-19-20-22-24-26-30-36(43)33-35(29-28-32-40-34(3)42-38(45)46-39(4,5)6)37(44)41-31-27-25-23-21-18-16-14-12-10-8-2/h35H,7-33H2,1-6H3,(H,41,44)(H,40,42,45)/t35-/m1/s1. The summed E-state index contributed by atoms with van der Waals surface area (Å²) in [4.78, 5) is 42.4. The molecule has 270 valence electrons. The van der Waals surface area contributed by atoms with Crippen molar-refractivity contribution in [2.24, 2.45) is 10.9 Å². The number of hydrogen-bond donors (Lipinski definition) is 2. The van der Waals surface area contributed by atoms with Gasteiger partial charge in [0.1, 0.15) is 17.2 Å². The van der Waals surface area contributed by atoms with E-state index in [1.807, 2.05) is 20.8 Å². The quantitative estimate of drug-likeness (QED) is 0.0459. The van der Waals surface area contributed by atoms with Gasteiger partial charge in [-0.3, -0.25) is 19.9 Å². The molecule has 0 saturated heterocycles. The summed E-state index contributed by atoms with van der Waals surface area (Å²) in [7, 11) is 0. The van der Waals surface area contributed by atoms with Crippen molar-refractivity contribution in [3.63, 3.8) is 0 Å². The molecule has 0 spiro atoms. The van der Waals surface area contributed by atoms with Crippen LogP contribution in [-0.4, -0.2) is 42.3 Å². The van der Waals surface area contributed by atoms with Crippen LogP contribution in [-0.2, 0) is 14.3 Å². The van der Waals surface area contributed by atoms with E-state index in [0.29, 0.717) is 44.6 Å². The number of alkyl carbamates (subject to hydrolysis) is 1. The van der Waals surface area contributed by atoms with E-state index in [1.54, 1.807) is 6.92 Å². The first-order valence-electron chi connectivity index (χ1n) is 19.4. The SMILES string of the molecule is CCCCCCCCCCCCCC(=O)C[C@@H](CCCN=C(C)NC(=O)OC(C)(C)C)C(=O)NCCCCCCCCCCCC. The van der Waals surface area contributed by atoms with Crippen molar-refractivity contribution in [1.82, 2.24) is 10.6 Å². The second kappa shape index (κ2) is 30.4. The number of Topliss-reactive ketones (excluding diaryl/α,β-unsaturated/α-hetero) is 1. The normalized spacial score (nSPS) is 12.6. The van der Waals surface area contributed by atoms with E-state index in [-0.39, 0.29) is 17.6 Å². The number of carbonyl (C=O) groups is 3. The number of unbranched alkanes of at least 4 members (excludes halogenated alkanes) is 19. The molecule has 0 radical (unpaired) electrons. The maximum atomic E-state index is 13.1. The van der Waals surface area contributed by atoms with Gasteiger partial charge in [-0.2, -0.15) is 0 Å². The van der Waals surface area contributed by atoms with E-state index < -0.39 is 11.7 Å². The van der Waals surface area contributed by atoms with Crippen molar-refractivity contribution in [2.75, 3.05) is 13.1 Å². The average molecular weight is 650 g/mol. The number of hydrogen-bond acceptors (Lipinski definition) is 5. The van der Waals surface area contributed by atoms with Crippen LogP contribution in [0.3, 0.4) is 0 Å². The lowest BCUT2D eigenvalue weighted by Gasteiger charge is -2.19. The molecular weight excluding hydrogens is 574 g/mol. The van der Waals surface area contributed by atoms with E-state index in [1.165, 1.54) is 109 Å².